The van der Waals surface area contributed by atoms with Crippen molar-refractivity contribution in [1.29, 1.82) is 0 Å². The molecular formula is C30H28F5N5O6. The summed E-state index contributed by atoms with van der Waals surface area (Å²) in [6.07, 6.45) is -2.19. The molecule has 2 unspecified atom stereocenters. The average Bonchev–Trinajstić information content (AvgIpc) is 3.50. The van der Waals surface area contributed by atoms with E-state index in [4.69, 9.17) is 9.47 Å². The maximum atomic E-state index is 15.1. The van der Waals surface area contributed by atoms with Crippen molar-refractivity contribution in [2.24, 2.45) is 7.05 Å². The molecule has 1 fully saturated rings. The summed E-state index contributed by atoms with van der Waals surface area (Å²) in [6.45, 7) is 0.582. The van der Waals surface area contributed by atoms with Crippen LogP contribution in [-0.4, -0.2) is 76.1 Å². The maximum absolute atomic E-state index is 15.1. The van der Waals surface area contributed by atoms with Gasteiger partial charge in [-0.1, -0.05) is 0 Å². The van der Waals surface area contributed by atoms with Crippen molar-refractivity contribution in [2.45, 2.75) is 31.6 Å². The van der Waals surface area contributed by atoms with Gasteiger partial charge in [-0.25, -0.2) is 18.6 Å². The molecule has 0 saturated carbocycles. The summed E-state index contributed by atoms with van der Waals surface area (Å²) in [5.74, 6) is -5.60. The lowest BCUT2D eigenvalue weighted by Crippen LogP contribution is -2.53. The summed E-state index contributed by atoms with van der Waals surface area (Å²) >= 11 is 0. The third-order valence-corrected chi connectivity index (χ3v) is 7.87. The second-order valence-electron chi connectivity index (χ2n) is 10.6. The number of carbonyl (C=O) groups excluding carboxylic acids is 1. The van der Waals surface area contributed by atoms with Crippen LogP contribution in [-0.2, 0) is 23.0 Å². The van der Waals surface area contributed by atoms with Gasteiger partial charge in [0.25, 0.3) is 11.5 Å². The number of nitrogens with zero attached hydrogens (tertiary/aromatic N) is 4. The van der Waals surface area contributed by atoms with E-state index < -0.39 is 59.6 Å². The number of nitrogens with one attached hydrogen (secondary N) is 1. The van der Waals surface area contributed by atoms with Gasteiger partial charge in [-0.3, -0.25) is 9.59 Å². The lowest BCUT2D eigenvalue weighted by Gasteiger charge is -2.38. The summed E-state index contributed by atoms with van der Waals surface area (Å²) in [4.78, 5) is 43.4. The van der Waals surface area contributed by atoms with Crippen LogP contribution in [0.15, 0.2) is 47.5 Å². The zero-order valence-electron chi connectivity index (χ0n) is 24.7. The topological polar surface area (TPSA) is 127 Å². The Morgan fingerprint density at radius 1 is 1.20 bits per heavy atom. The molecule has 5 rings (SSSR count). The Morgan fingerprint density at radius 2 is 1.89 bits per heavy atom. The number of morpholine rings is 1. The van der Waals surface area contributed by atoms with Crippen LogP contribution in [0, 0.1) is 18.6 Å². The molecule has 1 aromatic carbocycles. The van der Waals surface area contributed by atoms with E-state index in [-0.39, 0.29) is 36.3 Å². The maximum Gasteiger partial charge on any atom is 0.411 e. The molecule has 244 valence electrons. The Bertz CT molecular complexity index is 1870. The highest BCUT2D eigenvalue weighted by atomic mass is 19.4. The number of ether oxygens (including phenoxy) is 2. The number of aromatic nitrogens is 3. The number of amides is 1. The molecule has 4 aromatic rings. The van der Waals surface area contributed by atoms with E-state index >= 15 is 8.78 Å². The second kappa shape index (κ2) is 12.4. The number of pyridine rings is 2. The van der Waals surface area contributed by atoms with Gasteiger partial charge < -0.3 is 33.8 Å². The normalized spacial score (nSPS) is 16.0. The number of carbonyl (C=O) groups is 2. The number of aryl methyl sites for hydroxylation is 1. The van der Waals surface area contributed by atoms with Gasteiger partial charge in [-0.05, 0) is 31.2 Å². The third-order valence-electron chi connectivity index (χ3n) is 7.87. The average molecular weight is 650 g/mol. The van der Waals surface area contributed by atoms with E-state index in [1.54, 1.807) is 26.1 Å². The SMILES string of the molecule is COc1cc(C)n(C)c(=O)c1-c1ccc(CC(NC(=O)c2c(F)cc(N3CCOCC3C(F)(F)F)cc2F)C(=O)O)n2ccnc12. The fraction of sp³-hybridized carbons (Fsp3) is 0.333. The largest absolute Gasteiger partial charge is 0.496 e. The first-order valence-corrected chi connectivity index (χ1v) is 13.9. The lowest BCUT2D eigenvalue weighted by molar-refractivity contribution is -0.167. The van der Waals surface area contributed by atoms with Crippen molar-refractivity contribution in [2.75, 3.05) is 31.8 Å². The van der Waals surface area contributed by atoms with Crippen molar-refractivity contribution >= 4 is 23.2 Å². The van der Waals surface area contributed by atoms with Crippen molar-refractivity contribution in [3.8, 4) is 16.9 Å². The number of hydrogen-bond donors (Lipinski definition) is 2. The highest BCUT2D eigenvalue weighted by Gasteiger charge is 2.46. The van der Waals surface area contributed by atoms with Crippen LogP contribution >= 0.6 is 0 Å². The van der Waals surface area contributed by atoms with E-state index in [0.717, 1.165) is 4.90 Å². The van der Waals surface area contributed by atoms with Crippen molar-refractivity contribution in [1.82, 2.24) is 19.3 Å². The molecule has 0 aliphatic carbocycles. The number of fused-ring (bicyclic) bond motifs is 1. The van der Waals surface area contributed by atoms with E-state index in [1.807, 2.05) is 0 Å². The Labute approximate surface area is 257 Å². The predicted octanol–water partition coefficient (Wildman–Crippen LogP) is 3.49. The third kappa shape index (κ3) is 5.99. The van der Waals surface area contributed by atoms with Gasteiger partial charge in [-0.15, -0.1) is 0 Å². The first-order valence-electron chi connectivity index (χ1n) is 13.9. The first kappa shape index (κ1) is 32.4. The van der Waals surface area contributed by atoms with Crippen LogP contribution in [0.2, 0.25) is 0 Å². The Morgan fingerprint density at radius 3 is 2.52 bits per heavy atom. The summed E-state index contributed by atoms with van der Waals surface area (Å²) in [6, 6.07) is 2.08. The summed E-state index contributed by atoms with van der Waals surface area (Å²) in [5.41, 5.74) is -0.118. The molecule has 3 aromatic heterocycles. The van der Waals surface area contributed by atoms with Gasteiger partial charge in [-0.2, -0.15) is 13.2 Å². The van der Waals surface area contributed by atoms with Crippen LogP contribution in [0.25, 0.3) is 16.8 Å². The number of hydrogen-bond acceptors (Lipinski definition) is 7. The molecule has 1 aliphatic heterocycles. The smallest absolute Gasteiger partial charge is 0.411 e. The van der Waals surface area contributed by atoms with Crippen LogP contribution in [0.1, 0.15) is 21.7 Å². The monoisotopic (exact) mass is 649 g/mol. The fourth-order valence-corrected chi connectivity index (χ4v) is 5.40. The van der Waals surface area contributed by atoms with Crippen LogP contribution < -0.4 is 20.5 Å². The fourth-order valence-electron chi connectivity index (χ4n) is 5.40. The van der Waals surface area contributed by atoms with E-state index in [1.165, 1.54) is 34.5 Å². The van der Waals surface area contributed by atoms with E-state index in [2.05, 4.69) is 10.3 Å². The Balaban J connectivity index is 1.43. The molecule has 0 bridgehead atoms. The molecule has 46 heavy (non-hydrogen) atoms. The molecular weight excluding hydrogens is 621 g/mol. The minimum absolute atomic E-state index is 0.112. The molecule has 2 atom stereocenters. The first-order chi connectivity index (χ1) is 21.7. The molecule has 1 aliphatic rings. The second-order valence-corrected chi connectivity index (χ2v) is 10.6. The Hall–Kier alpha value is -4.99. The van der Waals surface area contributed by atoms with Gasteiger partial charge >= 0.3 is 12.1 Å². The molecule has 4 heterocycles. The molecule has 0 spiro atoms. The quantitative estimate of drug-likeness (QED) is 0.278. The molecule has 1 saturated heterocycles. The standard InChI is InChI=1S/C30H28F5N5O6/c1-15-10-22(45-3)24(28(42)38(15)2)18-5-4-16(40-7-6-36-26(18)40)13-21(29(43)44)37-27(41)25-19(31)11-17(12-20(25)32)39-8-9-46-14-23(39)30(33,34)35/h4-7,10-12,21,23H,8-9,13-14H2,1-3H3,(H,37,41)(H,43,44). The van der Waals surface area contributed by atoms with Crippen molar-refractivity contribution in [3.63, 3.8) is 0 Å². The number of benzene rings is 1. The highest BCUT2D eigenvalue weighted by Crippen LogP contribution is 2.33. The van der Waals surface area contributed by atoms with Gasteiger partial charge in [0.15, 0.2) is 0 Å². The molecule has 1 amide bonds. The van der Waals surface area contributed by atoms with Crippen LogP contribution in [0.5, 0.6) is 5.75 Å². The van der Waals surface area contributed by atoms with E-state index in [0.29, 0.717) is 34.8 Å². The number of rotatable bonds is 8. The highest BCUT2D eigenvalue weighted by molar-refractivity contribution is 5.97. The minimum Gasteiger partial charge on any atom is -0.496 e. The van der Waals surface area contributed by atoms with Crippen LogP contribution in [0.3, 0.4) is 0 Å². The number of imidazole rings is 1. The number of aliphatic carboxylic acids is 1. The zero-order chi connectivity index (χ0) is 33.5. The van der Waals surface area contributed by atoms with Gasteiger partial charge in [0.05, 0.1) is 25.9 Å². The summed E-state index contributed by atoms with van der Waals surface area (Å²) in [5, 5.41) is 12.0. The lowest BCUT2D eigenvalue weighted by atomic mass is 10.0. The number of anilines is 1. The number of carboxylic acid groups (broad SMARTS) is 1. The molecule has 16 heteroatoms. The van der Waals surface area contributed by atoms with Gasteiger partial charge in [0, 0.05) is 61.1 Å². The van der Waals surface area contributed by atoms with Crippen molar-refractivity contribution in [3.05, 3.63) is 81.7 Å². The number of halogens is 5. The summed E-state index contributed by atoms with van der Waals surface area (Å²) < 4.78 is 83.9. The van der Waals surface area contributed by atoms with Crippen LogP contribution in [0.4, 0.5) is 27.6 Å². The van der Waals surface area contributed by atoms with Gasteiger partial charge in [0.2, 0.25) is 0 Å². The van der Waals surface area contributed by atoms with Crippen molar-refractivity contribution < 1.29 is 46.1 Å². The Kier molecular flexibility index (Phi) is 8.75. The minimum atomic E-state index is -4.75. The number of methoxy groups -OCH3 is 1. The molecule has 2 N–H and O–H groups in total. The van der Waals surface area contributed by atoms with Gasteiger partial charge in [0.1, 0.15) is 40.7 Å². The van der Waals surface area contributed by atoms with E-state index in [9.17, 15) is 32.7 Å². The zero-order valence-corrected chi connectivity index (χ0v) is 24.7. The molecule has 0 radical (unpaired) electrons. The predicted molar refractivity (Wildman–Crippen MR) is 154 cm³/mol. The number of carboxylic acids is 1. The summed E-state index contributed by atoms with van der Waals surface area (Å²) in [7, 11) is 3.01. The molecule has 11 nitrogen and oxygen atoms in total. The number of alkyl halides is 3.